The van der Waals surface area contributed by atoms with Crippen LogP contribution in [0.1, 0.15) is 71.1 Å². The van der Waals surface area contributed by atoms with Crippen molar-refractivity contribution in [3.8, 4) is 0 Å². The fourth-order valence-electron chi connectivity index (χ4n) is 2.65. The summed E-state index contributed by atoms with van der Waals surface area (Å²) < 4.78 is 24.4. The van der Waals surface area contributed by atoms with Crippen LogP contribution in [-0.4, -0.2) is 19.1 Å². The van der Waals surface area contributed by atoms with Crippen LogP contribution in [-0.2, 0) is 8.87 Å². The Morgan fingerprint density at radius 1 is 1.00 bits per heavy atom. The van der Waals surface area contributed by atoms with Crippen molar-refractivity contribution in [1.29, 1.82) is 0 Å². The Morgan fingerprint density at radius 2 is 1.54 bits per heavy atom. The molecule has 0 radical (unpaired) electrons. The molecule has 148 valence electrons. The molecule has 0 fully saturated rings. The normalized spacial score (nSPS) is 11.6. The van der Waals surface area contributed by atoms with Crippen LogP contribution in [0.15, 0.2) is 23.1 Å². The lowest BCUT2D eigenvalue weighted by molar-refractivity contribution is -0.387. The van der Waals surface area contributed by atoms with Gasteiger partial charge in [-0.05, 0) is 18.6 Å². The van der Waals surface area contributed by atoms with E-state index in [4.69, 9.17) is 11.6 Å². The molecule has 0 N–H and O–H groups in total. The summed E-state index contributed by atoms with van der Waals surface area (Å²) in [5.74, 6) is 0.0357. The van der Waals surface area contributed by atoms with E-state index < -0.39 is 13.8 Å². The molecule has 0 unspecified atom stereocenters. The highest BCUT2D eigenvalue weighted by Gasteiger charge is 2.21. The van der Waals surface area contributed by atoms with Crippen molar-refractivity contribution >= 4 is 37.0 Å². The average Bonchev–Trinajstić information content (AvgIpc) is 2.57. The molecule has 0 aliphatic carbocycles. The maximum atomic E-state index is 12.2. The fourth-order valence-corrected chi connectivity index (χ4v) is 5.92. The zero-order chi connectivity index (χ0) is 19.4. The summed E-state index contributed by atoms with van der Waals surface area (Å²) in [4.78, 5) is 10.6. The lowest BCUT2D eigenvalue weighted by Crippen LogP contribution is -2.02. The number of hydrogen-bond donors (Lipinski definition) is 0. The Labute approximate surface area is 165 Å². The molecule has 0 saturated carbocycles. The second-order valence-electron chi connectivity index (χ2n) is 6.40. The molecule has 0 bridgehead atoms. The number of nitrogens with zero attached hydrogens (tertiary/aromatic N) is 1. The highest BCUT2D eigenvalue weighted by Crippen LogP contribution is 2.35. The van der Waals surface area contributed by atoms with Crippen LogP contribution in [0.4, 0.5) is 5.69 Å². The average molecular weight is 422 g/mol. The molecule has 0 aliphatic rings. The van der Waals surface area contributed by atoms with Crippen LogP contribution in [0.25, 0.3) is 0 Å². The lowest BCUT2D eigenvalue weighted by Gasteiger charge is -2.05. The van der Waals surface area contributed by atoms with Crippen molar-refractivity contribution in [2.75, 3.05) is 5.75 Å². The number of nitro groups is 1. The molecule has 1 rings (SSSR count). The van der Waals surface area contributed by atoms with Gasteiger partial charge in [-0.2, -0.15) is 0 Å². The van der Waals surface area contributed by atoms with Crippen LogP contribution in [0.5, 0.6) is 0 Å². The maximum Gasteiger partial charge on any atom is 0.285 e. The number of nitro benzene ring substituents is 1. The minimum Gasteiger partial charge on any atom is -0.258 e. The first-order valence-corrected chi connectivity index (χ1v) is 12.6. The summed E-state index contributed by atoms with van der Waals surface area (Å²) in [5, 5.41) is 11.3. The molecule has 0 aliphatic heterocycles. The van der Waals surface area contributed by atoms with Crippen LogP contribution in [0.2, 0.25) is 5.02 Å². The Bertz CT molecular complexity index is 665. The Hall–Kier alpha value is -0.790. The molecule has 1 aromatic carbocycles. The summed E-state index contributed by atoms with van der Waals surface area (Å²) in [6.07, 6.45) is 11.3. The molecular weight excluding hydrogens is 394 g/mol. The van der Waals surface area contributed by atoms with E-state index >= 15 is 0 Å². The van der Waals surface area contributed by atoms with Gasteiger partial charge in [-0.15, -0.1) is 0 Å². The summed E-state index contributed by atoms with van der Waals surface area (Å²) >= 11 is 5.75. The first-order valence-electron chi connectivity index (χ1n) is 9.22. The quantitative estimate of drug-likeness (QED) is 0.146. The Kier molecular flexibility index (Phi) is 11.2. The van der Waals surface area contributed by atoms with Crippen LogP contribution in [0.3, 0.4) is 0 Å². The van der Waals surface area contributed by atoms with E-state index in [0.717, 1.165) is 19.3 Å². The van der Waals surface area contributed by atoms with E-state index in [2.05, 4.69) is 6.92 Å². The van der Waals surface area contributed by atoms with Crippen molar-refractivity contribution < 1.29 is 13.3 Å². The van der Waals surface area contributed by atoms with Crippen molar-refractivity contribution in [1.82, 2.24) is 0 Å². The monoisotopic (exact) mass is 421 g/mol. The predicted molar refractivity (Wildman–Crippen MR) is 110 cm³/mol. The molecule has 5 nitrogen and oxygen atoms in total. The first-order chi connectivity index (χ1) is 12.4. The minimum atomic E-state index is -3.44. The zero-order valence-corrected chi connectivity index (χ0v) is 17.7. The van der Waals surface area contributed by atoms with Gasteiger partial charge in [0.1, 0.15) is 4.90 Å². The molecule has 0 heterocycles. The third-order valence-electron chi connectivity index (χ3n) is 4.08. The molecular formula is C18H28ClNO4S2. The summed E-state index contributed by atoms with van der Waals surface area (Å²) in [6.45, 7) is 2.21. The first kappa shape index (κ1) is 23.2. The number of rotatable bonds is 14. The van der Waals surface area contributed by atoms with Gasteiger partial charge in [0.05, 0.1) is 10.7 Å². The lowest BCUT2D eigenvalue weighted by atomic mass is 10.1. The van der Waals surface area contributed by atoms with E-state index in [1.165, 1.54) is 56.7 Å². The third kappa shape index (κ3) is 9.78. The van der Waals surface area contributed by atoms with E-state index in [1.54, 1.807) is 0 Å². The van der Waals surface area contributed by atoms with Crippen LogP contribution in [0, 0.1) is 10.1 Å². The largest absolute Gasteiger partial charge is 0.285 e. The molecule has 8 heteroatoms. The Morgan fingerprint density at radius 3 is 2.08 bits per heavy atom. The van der Waals surface area contributed by atoms with Gasteiger partial charge in [-0.1, -0.05) is 76.3 Å². The van der Waals surface area contributed by atoms with Crippen molar-refractivity contribution in [2.45, 2.75) is 76.0 Å². The fraction of sp³-hybridized carbons (Fsp3) is 0.667. The van der Waals surface area contributed by atoms with Gasteiger partial charge >= 0.3 is 0 Å². The van der Waals surface area contributed by atoms with Crippen LogP contribution < -0.4 is 0 Å². The van der Waals surface area contributed by atoms with Gasteiger partial charge in [-0.3, -0.25) is 10.1 Å². The molecule has 0 atom stereocenters. The van der Waals surface area contributed by atoms with E-state index in [1.807, 2.05) is 0 Å². The third-order valence-corrected chi connectivity index (χ3v) is 7.69. The van der Waals surface area contributed by atoms with Gasteiger partial charge in [0.25, 0.3) is 5.69 Å². The predicted octanol–water partition coefficient (Wildman–Crippen LogP) is 6.59. The van der Waals surface area contributed by atoms with E-state index in [9.17, 15) is 18.5 Å². The second-order valence-corrected chi connectivity index (χ2v) is 11.0. The SMILES string of the molecule is CCCCCCCCCCCCS(=O)(=O)Sc1ccc(Cl)cc1[N+](=O)[O-]. The number of benzene rings is 1. The molecule has 0 spiro atoms. The van der Waals surface area contributed by atoms with E-state index in [0.29, 0.717) is 17.2 Å². The van der Waals surface area contributed by atoms with Gasteiger partial charge < -0.3 is 0 Å². The molecule has 0 amide bonds. The van der Waals surface area contributed by atoms with Crippen molar-refractivity contribution in [3.05, 3.63) is 33.3 Å². The summed E-state index contributed by atoms with van der Waals surface area (Å²) in [5.41, 5.74) is -0.269. The smallest absolute Gasteiger partial charge is 0.258 e. The van der Waals surface area contributed by atoms with Gasteiger partial charge in [0.15, 0.2) is 0 Å². The van der Waals surface area contributed by atoms with Crippen molar-refractivity contribution in [2.24, 2.45) is 0 Å². The minimum absolute atomic E-state index is 0.0357. The van der Waals surface area contributed by atoms with E-state index in [-0.39, 0.29) is 21.4 Å². The molecule has 1 aromatic rings. The highest BCUT2D eigenvalue weighted by atomic mass is 35.5. The van der Waals surface area contributed by atoms with Gasteiger partial charge in [-0.25, -0.2) is 8.42 Å². The standard InChI is InChI=1S/C18H28ClNO4S2/c1-2-3-4-5-6-7-8-9-10-11-14-26(23,24)25-18-13-12-16(19)15-17(18)20(21)22/h12-13,15H,2-11,14H2,1H3. The topological polar surface area (TPSA) is 77.3 Å². The van der Waals surface area contributed by atoms with Crippen molar-refractivity contribution in [3.63, 3.8) is 0 Å². The molecule has 0 saturated heterocycles. The molecule has 0 aromatic heterocycles. The summed E-state index contributed by atoms with van der Waals surface area (Å²) in [7, 11) is -2.88. The maximum absolute atomic E-state index is 12.2. The van der Waals surface area contributed by atoms with Gasteiger partial charge in [0.2, 0.25) is 8.87 Å². The van der Waals surface area contributed by atoms with Crippen LogP contribution >= 0.6 is 22.4 Å². The second kappa shape index (κ2) is 12.6. The molecule has 26 heavy (non-hydrogen) atoms. The Balaban J connectivity index is 2.30. The zero-order valence-electron chi connectivity index (χ0n) is 15.3. The number of hydrogen-bond acceptors (Lipinski definition) is 5. The summed E-state index contributed by atoms with van der Waals surface area (Å²) in [6, 6.07) is 4.04. The van der Waals surface area contributed by atoms with Gasteiger partial charge in [0, 0.05) is 21.9 Å². The number of halogens is 1. The number of unbranched alkanes of at least 4 members (excludes halogenated alkanes) is 9. The highest BCUT2D eigenvalue weighted by molar-refractivity contribution is 8.72.